The van der Waals surface area contributed by atoms with E-state index in [9.17, 15) is 0 Å². The molecule has 5 rings (SSSR count). The first-order valence-electron chi connectivity index (χ1n) is 11.7. The van der Waals surface area contributed by atoms with Crippen molar-refractivity contribution in [3.63, 3.8) is 0 Å². The Morgan fingerprint density at radius 1 is 0.706 bits per heavy atom. The fraction of sp³-hybridized carbons (Fsp3) is 0.0909. The minimum absolute atomic E-state index is 0.446. The van der Waals surface area contributed by atoms with E-state index in [1.807, 2.05) is 12.1 Å². The summed E-state index contributed by atoms with van der Waals surface area (Å²) in [7, 11) is 0. The Bertz CT molecular complexity index is 1350. The van der Waals surface area contributed by atoms with Crippen LogP contribution >= 0.6 is 0 Å². The first-order valence-corrected chi connectivity index (χ1v) is 13.4. The van der Waals surface area contributed by atoms with Gasteiger partial charge in [-0.1, -0.05) is 0 Å². The molecule has 0 amide bonds. The fourth-order valence-electron chi connectivity index (χ4n) is 4.33. The topological polar surface area (TPSA) is 0 Å². The molecule has 0 saturated carbocycles. The third-order valence-corrected chi connectivity index (χ3v) is 8.75. The van der Waals surface area contributed by atoms with Crippen LogP contribution in [0.2, 0.25) is 0 Å². The van der Waals surface area contributed by atoms with Crippen LogP contribution in [0.15, 0.2) is 115 Å². The molecular formula is C33H27Ti. The summed E-state index contributed by atoms with van der Waals surface area (Å²) < 4.78 is 1.99. The van der Waals surface area contributed by atoms with Crippen LogP contribution in [-0.4, -0.2) is 0 Å². The summed E-state index contributed by atoms with van der Waals surface area (Å²) in [5.41, 5.74) is 10.5. The van der Waals surface area contributed by atoms with Crippen molar-refractivity contribution < 1.29 is 19.2 Å². The van der Waals surface area contributed by atoms with E-state index in [1.165, 1.54) is 48.4 Å². The number of hydrogen-bond donors (Lipinski definition) is 0. The van der Waals surface area contributed by atoms with Gasteiger partial charge in [0.1, 0.15) is 0 Å². The van der Waals surface area contributed by atoms with Crippen LogP contribution in [0.1, 0.15) is 43.2 Å². The Hall–Kier alpha value is -3.19. The molecule has 1 aliphatic carbocycles. The molecule has 0 heterocycles. The van der Waals surface area contributed by atoms with Crippen molar-refractivity contribution in [1.29, 1.82) is 0 Å². The summed E-state index contributed by atoms with van der Waals surface area (Å²) >= 11 is -0.446. The van der Waals surface area contributed by atoms with Gasteiger partial charge in [0.15, 0.2) is 0 Å². The molecule has 1 aliphatic rings. The molecule has 0 fully saturated rings. The maximum atomic E-state index is 3.16. The van der Waals surface area contributed by atoms with E-state index in [1.54, 1.807) is 0 Å². The molecule has 4 aromatic carbocycles. The van der Waals surface area contributed by atoms with Crippen molar-refractivity contribution in [3.8, 4) is 0 Å². The Morgan fingerprint density at radius 2 is 1.32 bits per heavy atom. The summed E-state index contributed by atoms with van der Waals surface area (Å²) in [6.45, 7) is 4.29. The van der Waals surface area contributed by atoms with Crippen molar-refractivity contribution in [2.24, 2.45) is 0 Å². The van der Waals surface area contributed by atoms with Gasteiger partial charge in [-0.2, -0.15) is 0 Å². The molecule has 0 aromatic heterocycles. The first-order chi connectivity index (χ1) is 16.7. The summed E-state index contributed by atoms with van der Waals surface area (Å²) in [6, 6.07) is 38.1. The Kier molecular flexibility index (Phi) is 6.90. The molecule has 34 heavy (non-hydrogen) atoms. The monoisotopic (exact) mass is 471 g/mol. The number of allylic oxidation sites excluding steroid dienone is 3. The summed E-state index contributed by atoms with van der Waals surface area (Å²) in [5, 5.41) is 0. The van der Waals surface area contributed by atoms with Gasteiger partial charge in [-0.25, -0.2) is 0 Å². The molecule has 0 N–H and O–H groups in total. The molecule has 163 valence electrons. The normalized spacial score (nSPS) is 15.3. The van der Waals surface area contributed by atoms with Gasteiger partial charge in [0.25, 0.3) is 0 Å². The predicted molar refractivity (Wildman–Crippen MR) is 141 cm³/mol. The summed E-state index contributed by atoms with van der Waals surface area (Å²) in [5.74, 6) is 0. The molecular weight excluding hydrogens is 444 g/mol. The molecule has 0 nitrogen and oxygen atoms in total. The third-order valence-electron chi connectivity index (χ3n) is 6.28. The summed E-state index contributed by atoms with van der Waals surface area (Å²) in [4.78, 5) is 0. The van der Waals surface area contributed by atoms with Gasteiger partial charge < -0.3 is 0 Å². The Labute approximate surface area is 212 Å². The van der Waals surface area contributed by atoms with Crippen molar-refractivity contribution in [2.45, 2.75) is 18.1 Å². The zero-order valence-corrected chi connectivity index (χ0v) is 21.2. The zero-order valence-electron chi connectivity index (χ0n) is 19.6. The van der Waals surface area contributed by atoms with Gasteiger partial charge in [0.05, 0.1) is 0 Å². The predicted octanol–water partition coefficient (Wildman–Crippen LogP) is 8.43. The third kappa shape index (κ3) is 5.15. The molecule has 0 bridgehead atoms. The van der Waals surface area contributed by atoms with Gasteiger partial charge in [-0.15, -0.1) is 0 Å². The van der Waals surface area contributed by atoms with E-state index >= 15 is 0 Å². The van der Waals surface area contributed by atoms with Crippen molar-refractivity contribution in [1.82, 2.24) is 0 Å². The van der Waals surface area contributed by atoms with Gasteiger partial charge in [0.2, 0.25) is 0 Å². The quantitative estimate of drug-likeness (QED) is 0.196. The number of aryl methyl sites for hydroxylation is 2. The number of fused-ring (bicyclic) bond motifs is 1. The maximum absolute atomic E-state index is 3.16. The van der Waals surface area contributed by atoms with E-state index < -0.39 is 19.2 Å². The van der Waals surface area contributed by atoms with Crippen molar-refractivity contribution >= 4 is 15.5 Å². The Morgan fingerprint density at radius 3 is 2.03 bits per heavy atom. The number of rotatable bonds is 6. The minimum atomic E-state index is -0.446. The second-order valence-corrected chi connectivity index (χ2v) is 11.1. The van der Waals surface area contributed by atoms with Crippen molar-refractivity contribution in [3.05, 3.63) is 160 Å². The zero-order chi connectivity index (χ0) is 23.3. The fourth-order valence-corrected chi connectivity index (χ4v) is 6.61. The van der Waals surface area contributed by atoms with Gasteiger partial charge >= 0.3 is 213 Å². The van der Waals surface area contributed by atoms with Crippen LogP contribution < -0.4 is 0 Å². The van der Waals surface area contributed by atoms with Gasteiger partial charge in [-0.3, -0.25) is 0 Å². The molecule has 0 aliphatic heterocycles. The molecule has 4 aromatic rings. The van der Waals surface area contributed by atoms with Crippen molar-refractivity contribution in [2.75, 3.05) is 0 Å². The molecule has 1 unspecified atom stereocenters. The number of benzene rings is 4. The van der Waals surface area contributed by atoms with Crippen LogP contribution in [0.4, 0.5) is 0 Å². The van der Waals surface area contributed by atoms with Gasteiger partial charge in [-0.05, 0) is 0 Å². The van der Waals surface area contributed by atoms with E-state index in [-0.39, 0.29) is 0 Å². The Balaban J connectivity index is 1.58. The van der Waals surface area contributed by atoms with Crippen LogP contribution in [0.3, 0.4) is 0 Å². The van der Waals surface area contributed by atoms with E-state index in [2.05, 4.69) is 129 Å². The molecule has 0 spiro atoms. The van der Waals surface area contributed by atoms with E-state index in [0.29, 0.717) is 4.22 Å². The summed E-state index contributed by atoms with van der Waals surface area (Å²) in [6.07, 6.45) is 9.41. The second kappa shape index (κ2) is 10.4. The standard InChI is InChI=1S/C24H20.C9H7.Ti/c1-19-11-15-21(16-12-19)7-6-10-24(22-8-4-3-5-9-22)23-17-13-20(2)14-18-23;1-2-5-9-7-3-6-8(9)4-1;/h4-6,8-18H,1-2H3;1-7H;. The van der Waals surface area contributed by atoms with E-state index in [4.69, 9.17) is 0 Å². The molecule has 0 saturated heterocycles. The molecule has 1 radical (unpaired) electrons. The SMILES string of the molecule is Cc1ccc([C](=CC=C(c2cc[c]cc2)c2ccc(C)cc2)[Ti][CH]2C=Cc3ccccc32)cc1. The van der Waals surface area contributed by atoms with Crippen LogP contribution in [0.5, 0.6) is 0 Å². The number of hydrogen-bond acceptors (Lipinski definition) is 0. The second-order valence-electron chi connectivity index (χ2n) is 8.79. The average Bonchev–Trinajstić information content (AvgIpc) is 3.28. The van der Waals surface area contributed by atoms with Crippen LogP contribution in [-0.2, 0) is 19.2 Å². The van der Waals surface area contributed by atoms with Gasteiger partial charge in [0, 0.05) is 0 Å². The van der Waals surface area contributed by atoms with Crippen LogP contribution in [0.25, 0.3) is 15.5 Å². The van der Waals surface area contributed by atoms with E-state index in [0.717, 1.165) is 0 Å². The average molecular weight is 471 g/mol. The molecule has 1 heteroatoms. The van der Waals surface area contributed by atoms with Crippen LogP contribution in [0, 0.1) is 19.9 Å². The molecule has 1 atom stereocenters. The first kappa shape index (κ1) is 22.6.